The van der Waals surface area contributed by atoms with Crippen molar-refractivity contribution in [2.24, 2.45) is 0 Å². The molecule has 0 heterocycles. The molecular formula is C20H23N3O4. The fourth-order valence-corrected chi connectivity index (χ4v) is 2.20. The van der Waals surface area contributed by atoms with E-state index in [-0.39, 0.29) is 11.8 Å². The van der Waals surface area contributed by atoms with Crippen LogP contribution in [-0.2, 0) is 9.53 Å². The predicted octanol–water partition coefficient (Wildman–Crippen LogP) is 4.24. The van der Waals surface area contributed by atoms with E-state index in [4.69, 9.17) is 4.74 Å². The van der Waals surface area contributed by atoms with E-state index in [1.807, 2.05) is 0 Å². The summed E-state index contributed by atoms with van der Waals surface area (Å²) in [6.45, 7) is 6.75. The Labute approximate surface area is 158 Å². The van der Waals surface area contributed by atoms with Crippen LogP contribution in [0.5, 0.6) is 0 Å². The van der Waals surface area contributed by atoms with Gasteiger partial charge in [-0.2, -0.15) is 0 Å². The van der Waals surface area contributed by atoms with Crippen molar-refractivity contribution in [3.63, 3.8) is 0 Å². The van der Waals surface area contributed by atoms with Crippen molar-refractivity contribution in [2.75, 3.05) is 16.0 Å². The van der Waals surface area contributed by atoms with Crippen molar-refractivity contribution in [3.8, 4) is 0 Å². The lowest BCUT2D eigenvalue weighted by Crippen LogP contribution is -2.27. The van der Waals surface area contributed by atoms with Crippen molar-refractivity contribution < 1.29 is 19.1 Å². The molecule has 0 spiro atoms. The van der Waals surface area contributed by atoms with Crippen LogP contribution in [0.4, 0.5) is 21.9 Å². The average molecular weight is 369 g/mol. The first-order valence-electron chi connectivity index (χ1n) is 8.41. The molecule has 2 rings (SSSR count). The summed E-state index contributed by atoms with van der Waals surface area (Å²) < 4.78 is 5.18. The molecule has 3 amide bonds. The maximum absolute atomic E-state index is 12.4. The number of hydrogen-bond donors (Lipinski definition) is 3. The Hall–Kier alpha value is -3.35. The number of carbonyl (C=O) groups is 3. The minimum absolute atomic E-state index is 0.208. The highest BCUT2D eigenvalue weighted by atomic mass is 16.6. The lowest BCUT2D eigenvalue weighted by Gasteiger charge is -2.19. The summed E-state index contributed by atoms with van der Waals surface area (Å²) in [7, 11) is 0. The first-order valence-corrected chi connectivity index (χ1v) is 8.41. The molecule has 0 saturated carbocycles. The fraction of sp³-hybridized carbons (Fsp3) is 0.250. The van der Waals surface area contributed by atoms with Crippen LogP contribution in [-0.4, -0.2) is 23.5 Å². The van der Waals surface area contributed by atoms with E-state index in [2.05, 4.69) is 16.0 Å². The van der Waals surface area contributed by atoms with Crippen molar-refractivity contribution >= 4 is 35.0 Å². The number of ether oxygens (including phenoxy) is 1. The van der Waals surface area contributed by atoms with Crippen molar-refractivity contribution in [3.05, 3.63) is 54.1 Å². The molecule has 0 atom stereocenters. The Morgan fingerprint density at radius 2 is 1.41 bits per heavy atom. The van der Waals surface area contributed by atoms with E-state index < -0.39 is 11.7 Å². The standard InChI is InChI=1S/C20H23N3O4/c1-13(24)21-17-7-5-6-14(12-17)18(25)22-15-8-10-16(11-9-15)23-19(26)27-20(2,3)4/h5-12H,1-4H3,(H,21,24)(H,22,25)(H,23,26). The molecule has 7 heteroatoms. The molecule has 0 aliphatic rings. The summed E-state index contributed by atoms with van der Waals surface area (Å²) in [6, 6.07) is 13.3. The van der Waals surface area contributed by atoms with E-state index in [1.165, 1.54) is 6.92 Å². The zero-order chi connectivity index (χ0) is 20.0. The van der Waals surface area contributed by atoms with Gasteiger partial charge in [-0.25, -0.2) is 4.79 Å². The van der Waals surface area contributed by atoms with Crippen LogP contribution in [0.2, 0.25) is 0 Å². The number of amides is 3. The fourth-order valence-electron chi connectivity index (χ4n) is 2.20. The Bertz CT molecular complexity index is 839. The Balaban J connectivity index is 1.99. The topological polar surface area (TPSA) is 96.5 Å². The van der Waals surface area contributed by atoms with Gasteiger partial charge < -0.3 is 15.4 Å². The molecule has 0 radical (unpaired) electrons. The molecule has 0 saturated heterocycles. The molecule has 7 nitrogen and oxygen atoms in total. The van der Waals surface area contributed by atoms with Gasteiger partial charge in [-0.3, -0.25) is 14.9 Å². The van der Waals surface area contributed by atoms with Crippen molar-refractivity contribution in [1.29, 1.82) is 0 Å². The quantitative estimate of drug-likeness (QED) is 0.751. The molecule has 0 aliphatic heterocycles. The number of anilines is 3. The van der Waals surface area contributed by atoms with Gasteiger partial charge in [0.05, 0.1) is 0 Å². The normalized spacial score (nSPS) is 10.7. The van der Waals surface area contributed by atoms with Crippen LogP contribution >= 0.6 is 0 Å². The van der Waals surface area contributed by atoms with E-state index in [1.54, 1.807) is 69.3 Å². The van der Waals surface area contributed by atoms with Gasteiger partial charge in [-0.05, 0) is 63.2 Å². The smallest absolute Gasteiger partial charge is 0.412 e. The van der Waals surface area contributed by atoms with E-state index in [0.29, 0.717) is 22.6 Å². The Morgan fingerprint density at radius 3 is 1.96 bits per heavy atom. The SMILES string of the molecule is CC(=O)Nc1cccc(C(=O)Nc2ccc(NC(=O)OC(C)(C)C)cc2)c1. The molecule has 0 aliphatic carbocycles. The van der Waals surface area contributed by atoms with Gasteiger partial charge in [0.1, 0.15) is 5.60 Å². The highest BCUT2D eigenvalue weighted by Gasteiger charge is 2.16. The Kier molecular flexibility index (Phi) is 6.18. The Morgan fingerprint density at radius 1 is 0.815 bits per heavy atom. The molecule has 0 aromatic heterocycles. The first kappa shape index (κ1) is 20.0. The predicted molar refractivity (Wildman–Crippen MR) is 105 cm³/mol. The summed E-state index contributed by atoms with van der Waals surface area (Å²) >= 11 is 0. The maximum atomic E-state index is 12.4. The van der Waals surface area contributed by atoms with Gasteiger partial charge >= 0.3 is 6.09 Å². The summed E-state index contributed by atoms with van der Waals surface area (Å²) in [6.07, 6.45) is -0.547. The van der Waals surface area contributed by atoms with Gasteiger partial charge in [-0.1, -0.05) is 6.07 Å². The lowest BCUT2D eigenvalue weighted by atomic mass is 10.1. The summed E-state index contributed by atoms with van der Waals surface area (Å²) in [5.41, 5.74) is 1.50. The molecule has 2 aromatic rings. The lowest BCUT2D eigenvalue weighted by molar-refractivity contribution is -0.114. The molecule has 2 aromatic carbocycles. The molecule has 142 valence electrons. The number of hydrogen-bond acceptors (Lipinski definition) is 4. The zero-order valence-electron chi connectivity index (χ0n) is 15.8. The second-order valence-electron chi connectivity index (χ2n) is 6.92. The molecular weight excluding hydrogens is 346 g/mol. The van der Waals surface area contributed by atoms with Gasteiger partial charge in [0.15, 0.2) is 0 Å². The minimum Gasteiger partial charge on any atom is -0.444 e. The summed E-state index contributed by atoms with van der Waals surface area (Å²) in [4.78, 5) is 35.2. The third-order valence-corrected chi connectivity index (χ3v) is 3.23. The second kappa shape index (κ2) is 8.35. The number of rotatable bonds is 4. The summed E-state index contributed by atoms with van der Waals surface area (Å²) in [5, 5.41) is 8.02. The van der Waals surface area contributed by atoms with E-state index >= 15 is 0 Å². The third-order valence-electron chi connectivity index (χ3n) is 3.23. The molecule has 0 unspecified atom stereocenters. The number of carbonyl (C=O) groups excluding carboxylic acids is 3. The van der Waals surface area contributed by atoms with Gasteiger partial charge in [0, 0.05) is 29.5 Å². The van der Waals surface area contributed by atoms with Crippen LogP contribution in [0.3, 0.4) is 0 Å². The highest BCUT2D eigenvalue weighted by molar-refractivity contribution is 6.05. The van der Waals surface area contributed by atoms with Crippen molar-refractivity contribution in [2.45, 2.75) is 33.3 Å². The average Bonchev–Trinajstić information content (AvgIpc) is 2.54. The maximum Gasteiger partial charge on any atom is 0.412 e. The molecule has 0 bridgehead atoms. The van der Waals surface area contributed by atoms with E-state index in [9.17, 15) is 14.4 Å². The highest BCUT2D eigenvalue weighted by Crippen LogP contribution is 2.17. The van der Waals surface area contributed by atoms with Crippen LogP contribution in [0.15, 0.2) is 48.5 Å². The van der Waals surface area contributed by atoms with Crippen LogP contribution in [0.25, 0.3) is 0 Å². The molecule has 27 heavy (non-hydrogen) atoms. The van der Waals surface area contributed by atoms with Gasteiger partial charge in [-0.15, -0.1) is 0 Å². The van der Waals surface area contributed by atoms with E-state index in [0.717, 1.165) is 0 Å². The van der Waals surface area contributed by atoms with Gasteiger partial charge in [0.2, 0.25) is 5.91 Å². The number of nitrogens with one attached hydrogen (secondary N) is 3. The largest absolute Gasteiger partial charge is 0.444 e. The van der Waals surface area contributed by atoms with Gasteiger partial charge in [0.25, 0.3) is 5.91 Å². The van der Waals surface area contributed by atoms with Crippen LogP contribution in [0, 0.1) is 0 Å². The molecule has 0 fully saturated rings. The number of benzene rings is 2. The first-order chi connectivity index (χ1) is 12.6. The van der Waals surface area contributed by atoms with Crippen LogP contribution < -0.4 is 16.0 Å². The summed E-state index contributed by atoms with van der Waals surface area (Å²) in [5.74, 6) is -0.518. The minimum atomic E-state index is -0.580. The van der Waals surface area contributed by atoms with Crippen molar-refractivity contribution in [1.82, 2.24) is 0 Å². The monoisotopic (exact) mass is 369 g/mol. The second-order valence-corrected chi connectivity index (χ2v) is 6.92. The molecule has 3 N–H and O–H groups in total. The zero-order valence-corrected chi connectivity index (χ0v) is 15.8. The van der Waals surface area contributed by atoms with Crippen LogP contribution in [0.1, 0.15) is 38.1 Å². The third kappa shape index (κ3) is 6.81.